The Morgan fingerprint density at radius 3 is 2.42 bits per heavy atom. The van der Waals surface area contributed by atoms with Crippen molar-refractivity contribution >= 4 is 29.1 Å². The van der Waals surface area contributed by atoms with Crippen LogP contribution in [-0.4, -0.2) is 33.6 Å². The smallest absolute Gasteiger partial charge is 0.224 e. The Morgan fingerprint density at radius 2 is 1.76 bits per heavy atom. The second kappa shape index (κ2) is 10.7. The van der Waals surface area contributed by atoms with Gasteiger partial charge in [0.25, 0.3) is 0 Å². The molecule has 4 rings (SSSR count). The molecule has 2 amide bonds. The number of hydrogen-bond acceptors (Lipinski definition) is 4. The summed E-state index contributed by atoms with van der Waals surface area (Å²) >= 11 is 6.16. The topological polar surface area (TPSA) is 88.9 Å². The molecule has 33 heavy (non-hydrogen) atoms. The highest BCUT2D eigenvalue weighted by Crippen LogP contribution is 2.38. The highest BCUT2D eigenvalue weighted by molar-refractivity contribution is 6.31. The molecular formula is C25H34ClN5O2. The molecule has 178 valence electrons. The lowest BCUT2D eigenvalue weighted by molar-refractivity contribution is -0.125. The van der Waals surface area contributed by atoms with Gasteiger partial charge in [-0.25, -0.2) is 0 Å². The number of carbonyl (C=O) groups is 2. The lowest BCUT2D eigenvalue weighted by atomic mass is 9.79. The molecule has 1 heterocycles. The molecule has 2 aliphatic rings. The molecular weight excluding hydrogens is 438 g/mol. The van der Waals surface area contributed by atoms with Crippen molar-refractivity contribution < 1.29 is 9.59 Å². The van der Waals surface area contributed by atoms with Crippen LogP contribution in [0.2, 0.25) is 5.02 Å². The van der Waals surface area contributed by atoms with Crippen molar-refractivity contribution in [2.24, 2.45) is 11.8 Å². The van der Waals surface area contributed by atoms with Gasteiger partial charge in [0, 0.05) is 49.0 Å². The zero-order chi connectivity index (χ0) is 23.4. The molecule has 0 spiro atoms. The zero-order valence-corrected chi connectivity index (χ0v) is 20.3. The average molecular weight is 472 g/mol. The predicted molar refractivity (Wildman–Crippen MR) is 129 cm³/mol. The fourth-order valence-corrected chi connectivity index (χ4v) is 5.06. The van der Waals surface area contributed by atoms with E-state index in [-0.39, 0.29) is 17.7 Å². The molecule has 1 aromatic heterocycles. The van der Waals surface area contributed by atoms with Crippen LogP contribution < -0.4 is 10.6 Å². The monoisotopic (exact) mass is 471 g/mol. The molecule has 1 aromatic carbocycles. The molecule has 0 radical (unpaired) electrons. The first kappa shape index (κ1) is 23.7. The molecule has 0 unspecified atom stereocenters. The van der Waals surface area contributed by atoms with Crippen molar-refractivity contribution in [3.8, 4) is 0 Å². The number of benzene rings is 1. The highest BCUT2D eigenvalue weighted by Gasteiger charge is 2.30. The van der Waals surface area contributed by atoms with E-state index in [2.05, 4.69) is 25.4 Å². The van der Waals surface area contributed by atoms with E-state index in [1.165, 1.54) is 0 Å². The highest BCUT2D eigenvalue weighted by atomic mass is 35.5. The maximum atomic E-state index is 12.5. The number of amides is 2. The first-order valence-corrected chi connectivity index (χ1v) is 12.5. The fourth-order valence-electron chi connectivity index (χ4n) is 4.89. The number of nitrogens with zero attached hydrogens (tertiary/aromatic N) is 3. The first-order chi connectivity index (χ1) is 16.0. The number of rotatable bonds is 9. The van der Waals surface area contributed by atoms with Crippen molar-refractivity contribution in [2.45, 2.75) is 77.2 Å². The van der Waals surface area contributed by atoms with Crippen LogP contribution in [0.3, 0.4) is 0 Å². The minimum Gasteiger partial charge on any atom is -0.359 e. The largest absolute Gasteiger partial charge is 0.359 e. The van der Waals surface area contributed by atoms with E-state index >= 15 is 0 Å². The Labute approximate surface area is 200 Å². The predicted octanol–water partition coefficient (Wildman–Crippen LogP) is 4.63. The number of anilines is 1. The van der Waals surface area contributed by atoms with Crippen LogP contribution >= 0.6 is 11.6 Å². The Hall–Kier alpha value is -2.41. The van der Waals surface area contributed by atoms with Gasteiger partial charge in [0.2, 0.25) is 11.8 Å². The van der Waals surface area contributed by atoms with Gasteiger partial charge < -0.3 is 15.2 Å². The normalized spacial score (nSPS) is 20.5. The minimum absolute atomic E-state index is 0.0415. The van der Waals surface area contributed by atoms with Gasteiger partial charge in [-0.3, -0.25) is 9.59 Å². The SMILES string of the molecule is CNC(=O)C1CCC(CCc2nnc(CCC(=O)Nc3cccc(Cl)c3C)n2C2CC2)CC1. The third-order valence-corrected chi connectivity index (χ3v) is 7.52. The van der Waals surface area contributed by atoms with Gasteiger partial charge in [0.15, 0.2) is 0 Å². The van der Waals surface area contributed by atoms with E-state index in [1.54, 1.807) is 7.05 Å². The van der Waals surface area contributed by atoms with Crippen LogP contribution in [-0.2, 0) is 22.4 Å². The van der Waals surface area contributed by atoms with Crippen molar-refractivity contribution in [3.63, 3.8) is 0 Å². The molecule has 8 heteroatoms. The quantitative estimate of drug-likeness (QED) is 0.558. The summed E-state index contributed by atoms with van der Waals surface area (Å²) in [5, 5.41) is 15.4. The van der Waals surface area contributed by atoms with Gasteiger partial charge in [-0.15, -0.1) is 10.2 Å². The molecule has 0 aliphatic heterocycles. The number of hydrogen-bond donors (Lipinski definition) is 2. The summed E-state index contributed by atoms with van der Waals surface area (Å²) in [4.78, 5) is 24.4. The minimum atomic E-state index is -0.0415. The number of aryl methyl sites for hydroxylation is 2. The van der Waals surface area contributed by atoms with E-state index in [1.807, 2.05) is 25.1 Å². The fraction of sp³-hybridized carbons (Fsp3) is 0.600. The van der Waals surface area contributed by atoms with Gasteiger partial charge in [0.1, 0.15) is 11.6 Å². The summed E-state index contributed by atoms with van der Waals surface area (Å²) in [5.41, 5.74) is 1.63. The third kappa shape index (κ3) is 5.94. The standard InChI is InChI=1S/C25H34ClN5O2/c1-16-20(26)4-3-5-21(16)28-24(32)15-14-23-30-29-22(31(23)19-11-12-19)13-8-17-6-9-18(10-7-17)25(33)27-2/h3-5,17-19H,6-15H2,1-2H3,(H,27,33)(H,28,32). The Morgan fingerprint density at radius 1 is 1.06 bits per heavy atom. The van der Waals surface area contributed by atoms with Crippen LogP contribution in [0.1, 0.15) is 74.6 Å². The second-order valence-corrected chi connectivity index (χ2v) is 9.87. The van der Waals surface area contributed by atoms with Gasteiger partial charge in [0.05, 0.1) is 0 Å². The Bertz CT molecular complexity index is 993. The third-order valence-electron chi connectivity index (χ3n) is 7.11. The maximum absolute atomic E-state index is 12.5. The summed E-state index contributed by atoms with van der Waals surface area (Å²) < 4.78 is 2.29. The van der Waals surface area contributed by atoms with Gasteiger partial charge in [-0.2, -0.15) is 0 Å². The zero-order valence-electron chi connectivity index (χ0n) is 19.6. The van der Waals surface area contributed by atoms with E-state index in [4.69, 9.17) is 11.6 Å². The number of aromatic nitrogens is 3. The molecule has 2 fully saturated rings. The van der Waals surface area contributed by atoms with Crippen LogP contribution in [0, 0.1) is 18.8 Å². The van der Waals surface area contributed by atoms with Crippen molar-refractivity contribution in [3.05, 3.63) is 40.4 Å². The number of halogens is 1. The molecule has 2 N–H and O–H groups in total. The summed E-state index contributed by atoms with van der Waals surface area (Å²) in [6.07, 6.45) is 9.40. The Kier molecular flexibility index (Phi) is 7.68. The summed E-state index contributed by atoms with van der Waals surface area (Å²) in [6.45, 7) is 1.90. The van der Waals surface area contributed by atoms with Crippen molar-refractivity contribution in [1.82, 2.24) is 20.1 Å². The summed E-state index contributed by atoms with van der Waals surface area (Å²) in [6, 6.07) is 6.00. The average Bonchev–Trinajstić information content (AvgIpc) is 3.58. The van der Waals surface area contributed by atoms with E-state index in [0.29, 0.717) is 29.8 Å². The summed E-state index contributed by atoms with van der Waals surface area (Å²) in [5.74, 6) is 2.92. The van der Waals surface area contributed by atoms with Gasteiger partial charge in [-0.1, -0.05) is 17.7 Å². The molecule has 0 saturated heterocycles. The van der Waals surface area contributed by atoms with Crippen LogP contribution in [0.25, 0.3) is 0 Å². The number of carbonyl (C=O) groups excluding carboxylic acids is 2. The van der Waals surface area contributed by atoms with Gasteiger partial charge in [-0.05, 0) is 75.5 Å². The van der Waals surface area contributed by atoms with Crippen LogP contribution in [0.5, 0.6) is 0 Å². The summed E-state index contributed by atoms with van der Waals surface area (Å²) in [7, 11) is 1.72. The number of nitrogens with one attached hydrogen (secondary N) is 2. The van der Waals surface area contributed by atoms with Crippen molar-refractivity contribution in [1.29, 1.82) is 0 Å². The maximum Gasteiger partial charge on any atom is 0.224 e. The van der Waals surface area contributed by atoms with E-state index < -0.39 is 0 Å². The molecule has 2 aliphatic carbocycles. The van der Waals surface area contributed by atoms with Crippen molar-refractivity contribution in [2.75, 3.05) is 12.4 Å². The second-order valence-electron chi connectivity index (χ2n) is 9.46. The van der Waals surface area contributed by atoms with E-state index in [0.717, 1.165) is 74.3 Å². The Balaban J connectivity index is 1.30. The van der Waals surface area contributed by atoms with Crippen LogP contribution in [0.4, 0.5) is 5.69 Å². The van der Waals surface area contributed by atoms with Crippen LogP contribution in [0.15, 0.2) is 18.2 Å². The lowest BCUT2D eigenvalue weighted by Crippen LogP contribution is -2.30. The molecule has 7 nitrogen and oxygen atoms in total. The molecule has 2 aromatic rings. The molecule has 0 bridgehead atoms. The lowest BCUT2D eigenvalue weighted by Gasteiger charge is -2.27. The van der Waals surface area contributed by atoms with E-state index in [9.17, 15) is 9.59 Å². The molecule has 0 atom stereocenters. The first-order valence-electron chi connectivity index (χ1n) is 12.2. The van der Waals surface area contributed by atoms with Gasteiger partial charge >= 0.3 is 0 Å². The molecule has 2 saturated carbocycles.